The third-order valence-corrected chi connectivity index (χ3v) is 6.20. The number of rotatable bonds is 4. The van der Waals surface area contributed by atoms with Gasteiger partial charge >= 0.3 is 0 Å². The third-order valence-electron chi connectivity index (χ3n) is 6.20. The van der Waals surface area contributed by atoms with E-state index in [-0.39, 0.29) is 24.0 Å². The first-order valence-corrected chi connectivity index (χ1v) is 11.0. The number of aliphatic hydroxyl groups is 1. The van der Waals surface area contributed by atoms with Crippen molar-refractivity contribution in [2.45, 2.75) is 39.0 Å². The fourth-order valence-electron chi connectivity index (χ4n) is 4.55. The highest BCUT2D eigenvalue weighted by Gasteiger charge is 2.46. The molecular weight excluding hydrogens is 416 g/mol. The van der Waals surface area contributed by atoms with Crippen molar-refractivity contribution >= 4 is 17.4 Å². The molecule has 5 rings (SSSR count). The summed E-state index contributed by atoms with van der Waals surface area (Å²) in [6.45, 7) is 4.20. The monoisotopic (exact) mass is 440 g/mol. The van der Waals surface area contributed by atoms with Crippen LogP contribution in [0.15, 0.2) is 72.6 Å². The lowest BCUT2D eigenvalue weighted by Crippen LogP contribution is -2.29. The number of carbonyl (C=O) groups is 2. The molecule has 1 saturated heterocycles. The van der Waals surface area contributed by atoms with Crippen LogP contribution in [0.5, 0.6) is 5.75 Å². The Bertz CT molecular complexity index is 1270. The maximum absolute atomic E-state index is 13.2. The first-order valence-electron chi connectivity index (χ1n) is 11.0. The molecule has 0 radical (unpaired) electrons. The van der Waals surface area contributed by atoms with E-state index < -0.39 is 17.7 Å². The molecule has 166 valence electrons. The van der Waals surface area contributed by atoms with Gasteiger partial charge in [0.2, 0.25) is 0 Å². The number of hydrogen-bond donors (Lipinski definition) is 1. The van der Waals surface area contributed by atoms with Gasteiger partial charge < -0.3 is 14.7 Å². The van der Waals surface area contributed by atoms with E-state index >= 15 is 0 Å². The number of aliphatic hydroxyl groups excluding tert-OH is 1. The lowest BCUT2D eigenvalue weighted by molar-refractivity contribution is -0.140. The smallest absolute Gasteiger partial charge is 0.295 e. The van der Waals surface area contributed by atoms with Crippen LogP contribution >= 0.6 is 0 Å². The Labute approximate surface area is 192 Å². The minimum atomic E-state index is -0.692. The van der Waals surface area contributed by atoms with Crippen LogP contribution in [0.1, 0.15) is 40.8 Å². The van der Waals surface area contributed by atoms with Crippen molar-refractivity contribution in [2.24, 2.45) is 0 Å². The Kier molecular flexibility index (Phi) is 5.21. The molecule has 0 aliphatic carbocycles. The van der Waals surface area contributed by atoms with Crippen LogP contribution in [0.25, 0.3) is 5.76 Å². The summed E-state index contributed by atoms with van der Waals surface area (Å²) in [5, 5.41) is 11.3. The number of aromatic nitrogens is 1. The van der Waals surface area contributed by atoms with Crippen molar-refractivity contribution in [2.75, 3.05) is 0 Å². The number of benzene rings is 2. The van der Waals surface area contributed by atoms with Gasteiger partial charge in [-0.05, 0) is 60.9 Å². The minimum absolute atomic E-state index is 0.0656. The largest absolute Gasteiger partial charge is 0.507 e. The van der Waals surface area contributed by atoms with Gasteiger partial charge in [0.1, 0.15) is 17.6 Å². The molecule has 0 bridgehead atoms. The van der Waals surface area contributed by atoms with Crippen LogP contribution in [0, 0.1) is 6.92 Å². The van der Waals surface area contributed by atoms with Crippen LogP contribution in [0.4, 0.5) is 0 Å². The number of ketones is 1. The van der Waals surface area contributed by atoms with Crippen molar-refractivity contribution in [1.82, 2.24) is 9.88 Å². The number of ether oxygens (including phenoxy) is 1. The van der Waals surface area contributed by atoms with Crippen LogP contribution in [-0.2, 0) is 22.6 Å². The van der Waals surface area contributed by atoms with Gasteiger partial charge in [-0.15, -0.1) is 0 Å². The minimum Gasteiger partial charge on any atom is -0.507 e. The quantitative estimate of drug-likeness (QED) is 0.371. The summed E-state index contributed by atoms with van der Waals surface area (Å²) in [7, 11) is 0. The second-order valence-corrected chi connectivity index (χ2v) is 8.65. The summed E-state index contributed by atoms with van der Waals surface area (Å²) < 4.78 is 5.76. The van der Waals surface area contributed by atoms with Crippen LogP contribution in [0.2, 0.25) is 0 Å². The summed E-state index contributed by atoms with van der Waals surface area (Å²) in [4.78, 5) is 31.9. The van der Waals surface area contributed by atoms with E-state index in [0.29, 0.717) is 5.56 Å². The molecule has 6 heteroatoms. The second-order valence-electron chi connectivity index (χ2n) is 8.65. The Balaban J connectivity index is 1.62. The van der Waals surface area contributed by atoms with Gasteiger partial charge in [0.15, 0.2) is 0 Å². The molecule has 2 aliphatic heterocycles. The summed E-state index contributed by atoms with van der Waals surface area (Å²) in [6, 6.07) is 16.0. The molecule has 2 aromatic carbocycles. The molecule has 2 atom stereocenters. The maximum Gasteiger partial charge on any atom is 0.295 e. The molecule has 33 heavy (non-hydrogen) atoms. The number of nitrogens with zero attached hydrogens (tertiary/aromatic N) is 2. The Morgan fingerprint density at radius 2 is 1.82 bits per heavy atom. The lowest BCUT2D eigenvalue weighted by atomic mass is 9.94. The maximum atomic E-state index is 13.2. The van der Waals surface area contributed by atoms with E-state index in [9.17, 15) is 14.7 Å². The fourth-order valence-corrected chi connectivity index (χ4v) is 4.55. The first kappa shape index (κ1) is 20.9. The Morgan fingerprint density at radius 1 is 1.09 bits per heavy atom. The van der Waals surface area contributed by atoms with E-state index in [0.717, 1.165) is 34.4 Å². The topological polar surface area (TPSA) is 79.7 Å². The number of carbonyl (C=O) groups excluding carboxylic acids is 2. The van der Waals surface area contributed by atoms with Gasteiger partial charge in [0.25, 0.3) is 11.7 Å². The number of pyridine rings is 1. The van der Waals surface area contributed by atoms with Gasteiger partial charge in [-0.3, -0.25) is 14.6 Å². The van der Waals surface area contributed by atoms with Gasteiger partial charge in [0.05, 0.1) is 11.6 Å². The normalized spacial score (nSPS) is 21.2. The lowest BCUT2D eigenvalue weighted by Gasteiger charge is -2.25. The van der Waals surface area contributed by atoms with Gasteiger partial charge in [-0.1, -0.05) is 29.8 Å². The molecule has 6 nitrogen and oxygen atoms in total. The average Bonchev–Trinajstić information content (AvgIpc) is 3.31. The van der Waals surface area contributed by atoms with Gasteiger partial charge in [0, 0.05) is 30.9 Å². The molecule has 3 aromatic rings. The summed E-state index contributed by atoms with van der Waals surface area (Å²) in [5.74, 6) is -0.694. The molecule has 0 spiro atoms. The zero-order chi connectivity index (χ0) is 23.1. The average molecular weight is 440 g/mol. The number of fused-ring (bicyclic) bond motifs is 1. The number of amides is 1. The zero-order valence-electron chi connectivity index (χ0n) is 18.5. The van der Waals surface area contributed by atoms with E-state index in [4.69, 9.17) is 4.74 Å². The second kappa shape index (κ2) is 8.20. The summed E-state index contributed by atoms with van der Waals surface area (Å²) in [6.07, 6.45) is 4.10. The predicted molar refractivity (Wildman–Crippen MR) is 123 cm³/mol. The van der Waals surface area contributed by atoms with Gasteiger partial charge in [-0.25, -0.2) is 0 Å². The van der Waals surface area contributed by atoms with E-state index in [1.54, 1.807) is 18.5 Å². The number of hydrogen-bond acceptors (Lipinski definition) is 5. The van der Waals surface area contributed by atoms with Crippen molar-refractivity contribution in [3.63, 3.8) is 0 Å². The Morgan fingerprint density at radius 3 is 2.55 bits per heavy atom. The molecular formula is C27H24N2O4. The highest BCUT2D eigenvalue weighted by atomic mass is 16.5. The van der Waals surface area contributed by atoms with Crippen LogP contribution in [0.3, 0.4) is 0 Å². The number of aryl methyl sites for hydroxylation is 1. The van der Waals surface area contributed by atoms with E-state index in [2.05, 4.69) is 4.98 Å². The summed E-state index contributed by atoms with van der Waals surface area (Å²) >= 11 is 0. The highest BCUT2D eigenvalue weighted by molar-refractivity contribution is 6.46. The fraction of sp³-hybridized carbons (Fsp3) is 0.222. The molecule has 1 aromatic heterocycles. The van der Waals surface area contributed by atoms with Crippen molar-refractivity contribution in [1.29, 1.82) is 0 Å². The number of likely N-dealkylation sites (tertiary alicyclic amines) is 1. The first-order chi connectivity index (χ1) is 15.9. The van der Waals surface area contributed by atoms with Crippen molar-refractivity contribution < 1.29 is 19.4 Å². The van der Waals surface area contributed by atoms with Crippen molar-refractivity contribution in [3.05, 3.63) is 100 Å². The van der Waals surface area contributed by atoms with E-state index in [1.807, 2.05) is 62.4 Å². The van der Waals surface area contributed by atoms with Crippen LogP contribution < -0.4 is 4.74 Å². The molecule has 1 N–H and O–H groups in total. The summed E-state index contributed by atoms with van der Waals surface area (Å²) in [5.41, 5.74) is 4.28. The Hall–Kier alpha value is -3.93. The van der Waals surface area contributed by atoms with Crippen LogP contribution in [-0.4, -0.2) is 32.8 Å². The molecule has 1 amide bonds. The molecule has 2 unspecified atom stereocenters. The molecule has 2 aliphatic rings. The van der Waals surface area contributed by atoms with E-state index in [1.165, 1.54) is 4.90 Å². The molecule has 3 heterocycles. The zero-order valence-corrected chi connectivity index (χ0v) is 18.5. The standard InChI is InChI=1S/C27H24N2O4/c1-16-3-5-19(6-4-16)24-23(25(30)20-7-8-22-21(14-20)13-17(2)33-22)26(31)27(32)29(24)15-18-9-11-28-12-10-18/h3-12,14,17,24,30H,13,15H2,1-2H3. The van der Waals surface area contributed by atoms with Gasteiger partial charge in [-0.2, -0.15) is 0 Å². The molecule has 0 saturated carbocycles. The number of Topliss-reactive ketones (excluding diaryl/α,β-unsaturated/α-hetero) is 1. The SMILES string of the molecule is Cc1ccc(C2C(=C(O)c3ccc4c(c3)CC(C)O4)C(=O)C(=O)N2Cc2ccncc2)cc1. The van der Waals surface area contributed by atoms with Crippen molar-refractivity contribution in [3.8, 4) is 5.75 Å². The molecule has 1 fully saturated rings. The highest BCUT2D eigenvalue weighted by Crippen LogP contribution is 2.41. The third kappa shape index (κ3) is 3.78. The predicted octanol–water partition coefficient (Wildman–Crippen LogP) is 4.34.